The molecule has 2 amide bonds. The fourth-order valence-corrected chi connectivity index (χ4v) is 4.00. The number of aromatic amines is 1. The third kappa shape index (κ3) is 5.08. The van der Waals surface area contributed by atoms with E-state index in [1.54, 1.807) is 19.1 Å². The van der Waals surface area contributed by atoms with Crippen molar-refractivity contribution >= 4 is 22.7 Å². The molecule has 3 aromatic rings. The smallest absolute Gasteiger partial charge is 0.242 e. The first-order valence-corrected chi connectivity index (χ1v) is 10.5. The lowest BCUT2D eigenvalue weighted by Crippen LogP contribution is -2.49. The van der Waals surface area contributed by atoms with Crippen LogP contribution in [0.1, 0.15) is 24.6 Å². The molecule has 0 bridgehead atoms. The molecule has 0 radical (unpaired) electrons. The van der Waals surface area contributed by atoms with E-state index in [1.807, 2.05) is 18.2 Å². The molecule has 2 aromatic heterocycles. The predicted molar refractivity (Wildman–Crippen MR) is 116 cm³/mol. The van der Waals surface area contributed by atoms with Crippen molar-refractivity contribution in [1.29, 1.82) is 0 Å². The van der Waals surface area contributed by atoms with Gasteiger partial charge in [0, 0.05) is 11.9 Å². The van der Waals surface area contributed by atoms with Gasteiger partial charge in [0.1, 0.15) is 6.04 Å². The van der Waals surface area contributed by atoms with Crippen LogP contribution in [0.15, 0.2) is 48.7 Å². The lowest BCUT2D eigenvalue weighted by molar-refractivity contribution is -0.129. The molecule has 0 saturated carbocycles. The summed E-state index contributed by atoms with van der Waals surface area (Å²) in [6, 6.07) is 12.5. The molecule has 3 heterocycles. The number of nitrogens with zero attached hydrogens (tertiary/aromatic N) is 1. The summed E-state index contributed by atoms with van der Waals surface area (Å²) in [6.07, 6.45) is 3.05. The molecular formula is C23H26FN5O2. The summed E-state index contributed by atoms with van der Waals surface area (Å²) in [5, 5.41) is 9.19. The third-order valence-electron chi connectivity index (χ3n) is 5.67. The van der Waals surface area contributed by atoms with Gasteiger partial charge < -0.3 is 20.9 Å². The van der Waals surface area contributed by atoms with Crippen molar-refractivity contribution in [3.8, 4) is 0 Å². The molecule has 1 aliphatic heterocycles. The summed E-state index contributed by atoms with van der Waals surface area (Å²) >= 11 is 0. The molecule has 4 rings (SSSR count). The number of H-pyrrole nitrogens is 1. The number of halogens is 1. The summed E-state index contributed by atoms with van der Waals surface area (Å²) in [5.74, 6) is -0.637. The predicted octanol–water partition coefficient (Wildman–Crippen LogP) is 2.04. The molecule has 4 N–H and O–H groups in total. The summed E-state index contributed by atoms with van der Waals surface area (Å²) in [6.45, 7) is 2.63. The van der Waals surface area contributed by atoms with E-state index in [2.05, 4.69) is 38.1 Å². The SMILES string of the molecule is C[C@H](NC(=O)[C@H]1C[C@H](Cc2ccccc2)CN1)C(=O)NCc1cc2c(F)nccc2[nH]1. The zero-order valence-electron chi connectivity index (χ0n) is 17.3. The van der Waals surface area contributed by atoms with Crippen molar-refractivity contribution < 1.29 is 14.0 Å². The first-order valence-electron chi connectivity index (χ1n) is 10.5. The van der Waals surface area contributed by atoms with E-state index in [0.29, 0.717) is 22.5 Å². The van der Waals surface area contributed by atoms with Gasteiger partial charge in [-0.15, -0.1) is 0 Å². The highest BCUT2D eigenvalue weighted by atomic mass is 19.1. The second-order valence-electron chi connectivity index (χ2n) is 8.06. The van der Waals surface area contributed by atoms with Crippen LogP contribution < -0.4 is 16.0 Å². The molecule has 3 atom stereocenters. The van der Waals surface area contributed by atoms with Crippen LogP contribution in [0.3, 0.4) is 0 Å². The van der Waals surface area contributed by atoms with Crippen LogP contribution in [0.2, 0.25) is 0 Å². The number of rotatable bonds is 7. The average molecular weight is 423 g/mol. The minimum atomic E-state index is -0.676. The number of hydrogen-bond acceptors (Lipinski definition) is 4. The van der Waals surface area contributed by atoms with Gasteiger partial charge in [-0.2, -0.15) is 4.39 Å². The van der Waals surface area contributed by atoms with Gasteiger partial charge in [0.15, 0.2) is 0 Å². The van der Waals surface area contributed by atoms with Gasteiger partial charge in [-0.3, -0.25) is 9.59 Å². The summed E-state index contributed by atoms with van der Waals surface area (Å²) < 4.78 is 13.7. The normalized spacial score (nSPS) is 19.3. The Morgan fingerprint density at radius 3 is 2.84 bits per heavy atom. The second-order valence-corrected chi connectivity index (χ2v) is 8.06. The van der Waals surface area contributed by atoms with E-state index in [4.69, 9.17) is 0 Å². The van der Waals surface area contributed by atoms with Gasteiger partial charge >= 0.3 is 0 Å². The van der Waals surface area contributed by atoms with Gasteiger partial charge in [0.25, 0.3) is 0 Å². The van der Waals surface area contributed by atoms with Crippen LogP contribution in [0.5, 0.6) is 0 Å². The Hall–Kier alpha value is -3.26. The monoisotopic (exact) mass is 423 g/mol. The van der Waals surface area contributed by atoms with E-state index in [0.717, 1.165) is 19.4 Å². The van der Waals surface area contributed by atoms with Crippen molar-refractivity contribution in [2.75, 3.05) is 6.54 Å². The van der Waals surface area contributed by atoms with Crippen LogP contribution in [0, 0.1) is 11.9 Å². The topological polar surface area (TPSA) is 98.9 Å². The van der Waals surface area contributed by atoms with Crippen LogP contribution in [-0.2, 0) is 22.6 Å². The molecule has 0 aliphatic carbocycles. The molecule has 8 heteroatoms. The number of nitrogens with one attached hydrogen (secondary N) is 4. The van der Waals surface area contributed by atoms with Crippen molar-refractivity contribution in [1.82, 2.24) is 25.9 Å². The largest absolute Gasteiger partial charge is 0.357 e. The standard InChI is InChI=1S/C23H26FN5O2/c1-14(22(30)27-13-17-11-18-19(29-17)7-8-25-21(18)24)28-23(31)20-10-16(12-26-20)9-15-5-3-2-4-6-15/h2-8,11,14,16,20,26,29H,9-10,12-13H2,1H3,(H,27,30)(H,28,31)/t14-,16-,20+/m0/s1. The summed E-state index contributed by atoms with van der Waals surface area (Å²) in [5.41, 5.74) is 2.54. The summed E-state index contributed by atoms with van der Waals surface area (Å²) in [4.78, 5) is 31.7. The van der Waals surface area contributed by atoms with Crippen molar-refractivity contribution in [2.24, 2.45) is 5.92 Å². The Morgan fingerprint density at radius 2 is 2.06 bits per heavy atom. The fraction of sp³-hybridized carbons (Fsp3) is 0.348. The molecule has 1 aliphatic rings. The van der Waals surface area contributed by atoms with E-state index in [9.17, 15) is 14.0 Å². The van der Waals surface area contributed by atoms with Gasteiger partial charge in [0.2, 0.25) is 17.8 Å². The number of benzene rings is 1. The van der Waals surface area contributed by atoms with Crippen LogP contribution in [0.25, 0.3) is 10.9 Å². The molecule has 1 aromatic carbocycles. The molecule has 0 spiro atoms. The molecule has 31 heavy (non-hydrogen) atoms. The van der Waals surface area contributed by atoms with Gasteiger partial charge in [-0.05, 0) is 49.9 Å². The van der Waals surface area contributed by atoms with E-state index in [1.165, 1.54) is 11.8 Å². The number of carbonyl (C=O) groups is 2. The zero-order chi connectivity index (χ0) is 21.8. The molecule has 1 saturated heterocycles. The van der Waals surface area contributed by atoms with Crippen LogP contribution >= 0.6 is 0 Å². The Labute approximate surface area is 179 Å². The van der Waals surface area contributed by atoms with Gasteiger partial charge in [0.05, 0.1) is 23.5 Å². The number of carbonyl (C=O) groups excluding carboxylic acids is 2. The summed E-state index contributed by atoms with van der Waals surface area (Å²) in [7, 11) is 0. The minimum absolute atomic E-state index is 0.169. The maximum Gasteiger partial charge on any atom is 0.242 e. The molecule has 162 valence electrons. The van der Waals surface area contributed by atoms with Crippen molar-refractivity contribution in [3.63, 3.8) is 0 Å². The Bertz CT molecular complexity index is 1070. The lowest BCUT2D eigenvalue weighted by Gasteiger charge is -2.17. The average Bonchev–Trinajstić information content (AvgIpc) is 3.40. The van der Waals surface area contributed by atoms with Crippen molar-refractivity contribution in [2.45, 2.75) is 38.4 Å². The highest BCUT2D eigenvalue weighted by Crippen LogP contribution is 2.19. The van der Waals surface area contributed by atoms with Crippen LogP contribution in [0.4, 0.5) is 4.39 Å². The number of fused-ring (bicyclic) bond motifs is 1. The number of aromatic nitrogens is 2. The number of pyridine rings is 1. The van der Waals surface area contributed by atoms with Gasteiger partial charge in [-0.25, -0.2) is 4.98 Å². The third-order valence-corrected chi connectivity index (χ3v) is 5.67. The number of hydrogen-bond donors (Lipinski definition) is 4. The van der Waals surface area contributed by atoms with E-state index in [-0.39, 0.29) is 24.4 Å². The maximum absolute atomic E-state index is 13.7. The maximum atomic E-state index is 13.7. The Balaban J connectivity index is 1.24. The van der Waals surface area contributed by atoms with Crippen molar-refractivity contribution in [3.05, 3.63) is 65.9 Å². The molecular weight excluding hydrogens is 397 g/mol. The highest BCUT2D eigenvalue weighted by Gasteiger charge is 2.30. The van der Waals surface area contributed by atoms with Gasteiger partial charge in [-0.1, -0.05) is 30.3 Å². The molecule has 7 nitrogen and oxygen atoms in total. The lowest BCUT2D eigenvalue weighted by atomic mass is 9.96. The Kier molecular flexibility index (Phi) is 6.27. The highest BCUT2D eigenvalue weighted by molar-refractivity contribution is 5.89. The number of amides is 2. The fourth-order valence-electron chi connectivity index (χ4n) is 4.00. The first kappa shape index (κ1) is 21.0. The van der Waals surface area contributed by atoms with Crippen LogP contribution in [-0.4, -0.2) is 40.4 Å². The molecule has 0 unspecified atom stereocenters. The molecule has 1 fully saturated rings. The van der Waals surface area contributed by atoms with E-state index >= 15 is 0 Å². The first-order chi connectivity index (χ1) is 15.0. The Morgan fingerprint density at radius 1 is 1.26 bits per heavy atom. The minimum Gasteiger partial charge on any atom is -0.357 e. The quantitative estimate of drug-likeness (QED) is 0.437. The zero-order valence-corrected chi connectivity index (χ0v) is 17.3. The van der Waals surface area contributed by atoms with E-state index < -0.39 is 12.0 Å². The second kappa shape index (κ2) is 9.26.